The molecule has 1 aliphatic heterocycles. The minimum absolute atomic E-state index is 0.0139. The van der Waals surface area contributed by atoms with Crippen LogP contribution in [0.4, 0.5) is 5.69 Å². The molecule has 1 heterocycles. The van der Waals surface area contributed by atoms with Crippen molar-refractivity contribution in [2.75, 3.05) is 11.5 Å². The molecular formula is C28H27NO5. The maximum atomic E-state index is 13.3. The van der Waals surface area contributed by atoms with Crippen molar-refractivity contribution in [1.29, 1.82) is 0 Å². The van der Waals surface area contributed by atoms with Crippen molar-refractivity contribution >= 4 is 23.1 Å². The molecule has 3 aromatic rings. The van der Waals surface area contributed by atoms with Crippen molar-refractivity contribution < 1.29 is 24.5 Å². The maximum absolute atomic E-state index is 13.3. The Hall–Kier alpha value is -4.06. The molecule has 1 atom stereocenters. The number of anilines is 1. The molecule has 174 valence electrons. The van der Waals surface area contributed by atoms with Crippen LogP contribution in [0.2, 0.25) is 0 Å². The van der Waals surface area contributed by atoms with Crippen LogP contribution in [0, 0.1) is 12.8 Å². The fourth-order valence-electron chi connectivity index (χ4n) is 4.04. The van der Waals surface area contributed by atoms with Crippen molar-refractivity contribution in [3.05, 3.63) is 95.1 Å². The number of benzene rings is 3. The number of aromatic hydroxyl groups is 1. The van der Waals surface area contributed by atoms with Crippen LogP contribution in [-0.4, -0.2) is 28.5 Å². The van der Waals surface area contributed by atoms with Crippen molar-refractivity contribution in [3.8, 4) is 11.5 Å². The fourth-order valence-corrected chi connectivity index (χ4v) is 4.04. The van der Waals surface area contributed by atoms with E-state index in [2.05, 4.69) is 0 Å². The maximum Gasteiger partial charge on any atom is 0.300 e. The average Bonchev–Trinajstić information content (AvgIpc) is 3.08. The van der Waals surface area contributed by atoms with Gasteiger partial charge in [-0.2, -0.15) is 0 Å². The van der Waals surface area contributed by atoms with E-state index in [1.165, 1.54) is 17.0 Å². The molecule has 3 aromatic carbocycles. The largest absolute Gasteiger partial charge is 0.508 e. The van der Waals surface area contributed by atoms with Gasteiger partial charge in [0, 0.05) is 11.3 Å². The summed E-state index contributed by atoms with van der Waals surface area (Å²) in [6, 6.07) is 19.5. The Balaban J connectivity index is 1.88. The van der Waals surface area contributed by atoms with Crippen molar-refractivity contribution in [1.82, 2.24) is 0 Å². The van der Waals surface area contributed by atoms with E-state index in [0.29, 0.717) is 35.1 Å². The molecule has 6 heteroatoms. The second kappa shape index (κ2) is 9.43. The molecule has 1 unspecified atom stereocenters. The SMILES string of the molecule is Cc1ccccc1N1C(=O)C(=O)/C(=C(\O)c2cccc(OCC(C)C)c2)C1c1ccc(O)cc1. The summed E-state index contributed by atoms with van der Waals surface area (Å²) in [4.78, 5) is 27.9. The van der Waals surface area contributed by atoms with E-state index < -0.39 is 17.7 Å². The molecule has 0 aliphatic carbocycles. The third-order valence-corrected chi connectivity index (χ3v) is 5.72. The molecule has 0 saturated carbocycles. The van der Waals surface area contributed by atoms with Gasteiger partial charge in [-0.15, -0.1) is 0 Å². The first kappa shape index (κ1) is 23.1. The smallest absolute Gasteiger partial charge is 0.300 e. The number of ketones is 1. The van der Waals surface area contributed by atoms with Crippen LogP contribution >= 0.6 is 0 Å². The van der Waals surface area contributed by atoms with E-state index in [0.717, 1.165) is 5.56 Å². The highest BCUT2D eigenvalue weighted by molar-refractivity contribution is 6.51. The lowest BCUT2D eigenvalue weighted by molar-refractivity contribution is -0.132. The van der Waals surface area contributed by atoms with Crippen LogP contribution < -0.4 is 9.64 Å². The fraction of sp³-hybridized carbons (Fsp3) is 0.214. The first-order chi connectivity index (χ1) is 16.3. The number of phenols is 1. The van der Waals surface area contributed by atoms with Crippen molar-refractivity contribution in [2.45, 2.75) is 26.8 Å². The number of Topliss-reactive ketones (excluding diaryl/α,β-unsaturated/α-hetero) is 1. The molecule has 2 N–H and O–H groups in total. The second-order valence-electron chi connectivity index (χ2n) is 8.78. The first-order valence-electron chi connectivity index (χ1n) is 11.2. The Kier molecular flexibility index (Phi) is 6.41. The first-order valence-corrected chi connectivity index (χ1v) is 11.2. The monoisotopic (exact) mass is 457 g/mol. The molecule has 34 heavy (non-hydrogen) atoms. The zero-order chi connectivity index (χ0) is 24.4. The summed E-state index contributed by atoms with van der Waals surface area (Å²) in [6.07, 6.45) is 0. The van der Waals surface area contributed by atoms with Crippen molar-refractivity contribution in [3.63, 3.8) is 0 Å². The van der Waals surface area contributed by atoms with Gasteiger partial charge in [0.1, 0.15) is 17.3 Å². The van der Waals surface area contributed by atoms with Crippen LogP contribution in [0.5, 0.6) is 11.5 Å². The van der Waals surface area contributed by atoms with Gasteiger partial charge in [0.05, 0.1) is 18.2 Å². The van der Waals surface area contributed by atoms with Crippen LogP contribution in [0.25, 0.3) is 5.76 Å². The van der Waals surface area contributed by atoms with Gasteiger partial charge >= 0.3 is 0 Å². The molecule has 0 spiro atoms. The quantitative estimate of drug-likeness (QED) is 0.296. The number of nitrogens with zero attached hydrogens (tertiary/aromatic N) is 1. The number of hydrogen-bond donors (Lipinski definition) is 2. The van der Waals surface area contributed by atoms with E-state index in [9.17, 15) is 19.8 Å². The van der Waals surface area contributed by atoms with Gasteiger partial charge in [-0.3, -0.25) is 14.5 Å². The summed E-state index contributed by atoms with van der Waals surface area (Å²) in [5.41, 5.74) is 2.36. The third kappa shape index (κ3) is 4.39. The summed E-state index contributed by atoms with van der Waals surface area (Å²) in [5, 5.41) is 21.1. The standard InChI is InChI=1S/C28H27NO5/c1-17(2)16-34-22-9-6-8-20(15-22)26(31)24-25(19-11-13-21(30)14-12-19)29(28(33)27(24)32)23-10-5-4-7-18(23)3/h4-15,17,25,30-31H,16H2,1-3H3/b26-24-. The van der Waals surface area contributed by atoms with E-state index in [4.69, 9.17) is 4.74 Å². The number of hydrogen-bond acceptors (Lipinski definition) is 5. The average molecular weight is 458 g/mol. The Bertz CT molecular complexity index is 1260. The van der Waals surface area contributed by atoms with E-state index in [-0.39, 0.29) is 17.1 Å². The lowest BCUT2D eigenvalue weighted by atomic mass is 9.94. The normalized spacial score (nSPS) is 17.4. The minimum atomic E-state index is -0.859. The second-order valence-corrected chi connectivity index (χ2v) is 8.78. The number of aliphatic hydroxyl groups is 1. The molecule has 1 saturated heterocycles. The Morgan fingerprint density at radius 2 is 1.71 bits per heavy atom. The summed E-state index contributed by atoms with van der Waals surface area (Å²) in [6.45, 7) is 6.44. The number of amides is 1. The molecule has 4 rings (SSSR count). The Morgan fingerprint density at radius 1 is 1.00 bits per heavy atom. The number of aryl methyl sites for hydroxylation is 1. The Morgan fingerprint density at radius 3 is 2.38 bits per heavy atom. The Labute approximate surface area is 198 Å². The number of aliphatic hydroxyl groups excluding tert-OH is 1. The number of carbonyl (C=O) groups is 2. The number of carbonyl (C=O) groups excluding carboxylic acids is 2. The molecule has 0 radical (unpaired) electrons. The molecule has 0 aromatic heterocycles. The van der Waals surface area contributed by atoms with Gasteiger partial charge in [-0.25, -0.2) is 0 Å². The van der Waals surface area contributed by atoms with Crippen LogP contribution in [0.15, 0.2) is 78.4 Å². The summed E-state index contributed by atoms with van der Waals surface area (Å²) < 4.78 is 5.78. The molecule has 1 fully saturated rings. The van der Waals surface area contributed by atoms with Gasteiger partial charge in [-0.05, 0) is 54.3 Å². The predicted octanol–water partition coefficient (Wildman–Crippen LogP) is 5.36. The van der Waals surface area contributed by atoms with Gasteiger partial charge < -0.3 is 14.9 Å². The zero-order valence-electron chi connectivity index (χ0n) is 19.4. The highest BCUT2D eigenvalue weighted by atomic mass is 16.5. The summed E-state index contributed by atoms with van der Waals surface area (Å²) >= 11 is 0. The van der Waals surface area contributed by atoms with Gasteiger partial charge in [0.15, 0.2) is 0 Å². The molecule has 1 amide bonds. The lowest BCUT2D eigenvalue weighted by Gasteiger charge is -2.26. The van der Waals surface area contributed by atoms with Gasteiger partial charge in [0.2, 0.25) is 0 Å². The predicted molar refractivity (Wildman–Crippen MR) is 131 cm³/mol. The van der Waals surface area contributed by atoms with Crippen molar-refractivity contribution in [2.24, 2.45) is 5.92 Å². The zero-order valence-corrected chi connectivity index (χ0v) is 19.4. The topological polar surface area (TPSA) is 87.1 Å². The summed E-state index contributed by atoms with van der Waals surface area (Å²) in [5.74, 6) is -0.819. The minimum Gasteiger partial charge on any atom is -0.508 e. The van der Waals surface area contributed by atoms with E-state index in [1.807, 2.05) is 32.9 Å². The van der Waals surface area contributed by atoms with Gasteiger partial charge in [-0.1, -0.05) is 56.3 Å². The van der Waals surface area contributed by atoms with E-state index in [1.54, 1.807) is 48.5 Å². The number of phenolic OH excluding ortho intramolecular Hbond substituents is 1. The third-order valence-electron chi connectivity index (χ3n) is 5.72. The van der Waals surface area contributed by atoms with Crippen LogP contribution in [0.1, 0.15) is 36.6 Å². The van der Waals surface area contributed by atoms with Crippen LogP contribution in [0.3, 0.4) is 0 Å². The lowest BCUT2D eigenvalue weighted by Crippen LogP contribution is -2.30. The van der Waals surface area contributed by atoms with Crippen LogP contribution in [-0.2, 0) is 9.59 Å². The number of rotatable bonds is 6. The molecule has 0 bridgehead atoms. The highest BCUT2D eigenvalue weighted by Crippen LogP contribution is 2.43. The molecule has 1 aliphatic rings. The van der Waals surface area contributed by atoms with E-state index >= 15 is 0 Å². The summed E-state index contributed by atoms with van der Waals surface area (Å²) in [7, 11) is 0. The highest BCUT2D eigenvalue weighted by Gasteiger charge is 2.47. The number of ether oxygens (including phenoxy) is 1. The van der Waals surface area contributed by atoms with Gasteiger partial charge in [0.25, 0.3) is 11.7 Å². The number of para-hydroxylation sites is 1. The molecule has 6 nitrogen and oxygen atoms in total. The molecular weight excluding hydrogens is 430 g/mol.